The van der Waals surface area contributed by atoms with Crippen molar-refractivity contribution in [1.82, 2.24) is 21.2 Å². The van der Waals surface area contributed by atoms with E-state index in [0.717, 1.165) is 23.7 Å². The monoisotopic (exact) mass is 365 g/mol. The van der Waals surface area contributed by atoms with Crippen LogP contribution in [0.1, 0.15) is 32.1 Å². The standard InChI is InChI=1S/C19H23N7O/c20-17(27)16-18(23-15-11-10-12-6-4-5-9-14(12)22-15)24-19(26-25-16)21-13-7-2-1-3-8-13/h4-6,9-11,13,25H,1-3,7-8H2,(H2,20,27)(H,22,23)(H2,21,24,26). The number of amides is 1. The van der Waals surface area contributed by atoms with E-state index in [4.69, 9.17) is 10.7 Å². The second-order valence-corrected chi connectivity index (χ2v) is 6.77. The molecule has 8 heteroatoms. The third-order valence-electron chi connectivity index (χ3n) is 4.78. The molecule has 1 saturated carbocycles. The molecule has 2 heterocycles. The number of nitrogens with two attached hydrogens (primary N) is 1. The van der Waals surface area contributed by atoms with E-state index in [1.165, 1.54) is 19.3 Å². The van der Waals surface area contributed by atoms with E-state index in [0.29, 0.717) is 17.6 Å². The number of hydrazine groups is 1. The van der Waals surface area contributed by atoms with E-state index in [9.17, 15) is 4.79 Å². The third kappa shape index (κ3) is 3.94. The number of primary amides is 1. The van der Waals surface area contributed by atoms with E-state index >= 15 is 0 Å². The molecule has 2 aromatic rings. The van der Waals surface area contributed by atoms with Gasteiger partial charge in [0.05, 0.1) is 11.6 Å². The maximum Gasteiger partial charge on any atom is 0.270 e. The van der Waals surface area contributed by atoms with Crippen molar-refractivity contribution >= 4 is 28.6 Å². The number of anilines is 1. The van der Waals surface area contributed by atoms with Crippen molar-refractivity contribution in [3.05, 3.63) is 47.9 Å². The largest absolute Gasteiger partial charge is 0.364 e. The van der Waals surface area contributed by atoms with Gasteiger partial charge in [0.1, 0.15) is 11.6 Å². The second kappa shape index (κ2) is 7.53. The lowest BCUT2D eigenvalue weighted by molar-refractivity contribution is -0.115. The highest BCUT2D eigenvalue weighted by Crippen LogP contribution is 2.21. The average molecular weight is 365 g/mol. The van der Waals surface area contributed by atoms with Crippen LogP contribution in [0.2, 0.25) is 0 Å². The smallest absolute Gasteiger partial charge is 0.270 e. The number of pyridine rings is 1. The van der Waals surface area contributed by atoms with Gasteiger partial charge in [-0.1, -0.05) is 37.5 Å². The quantitative estimate of drug-likeness (QED) is 0.563. The number of carbonyl (C=O) groups excluding carboxylic acids is 1. The van der Waals surface area contributed by atoms with E-state index < -0.39 is 5.91 Å². The maximum atomic E-state index is 11.8. The Balaban J connectivity index is 1.58. The minimum atomic E-state index is -0.588. The number of nitrogens with zero attached hydrogens (tertiary/aromatic N) is 2. The molecular weight excluding hydrogens is 342 g/mol. The van der Waals surface area contributed by atoms with Crippen LogP contribution in [0.3, 0.4) is 0 Å². The number of nitrogens with one attached hydrogen (secondary N) is 4. The lowest BCUT2D eigenvalue weighted by Gasteiger charge is -2.27. The predicted molar refractivity (Wildman–Crippen MR) is 105 cm³/mol. The van der Waals surface area contributed by atoms with E-state index in [2.05, 4.69) is 26.5 Å². The van der Waals surface area contributed by atoms with Crippen LogP contribution in [0.4, 0.5) is 5.82 Å². The summed E-state index contributed by atoms with van der Waals surface area (Å²) >= 11 is 0. The summed E-state index contributed by atoms with van der Waals surface area (Å²) in [6, 6.07) is 12.0. The molecule has 0 atom stereocenters. The van der Waals surface area contributed by atoms with Crippen molar-refractivity contribution < 1.29 is 4.79 Å². The van der Waals surface area contributed by atoms with Crippen molar-refractivity contribution in [1.29, 1.82) is 0 Å². The van der Waals surface area contributed by atoms with E-state index in [1.807, 2.05) is 36.4 Å². The Morgan fingerprint density at radius 1 is 1.11 bits per heavy atom. The Kier molecular flexibility index (Phi) is 4.78. The molecule has 0 unspecified atom stereocenters. The summed E-state index contributed by atoms with van der Waals surface area (Å²) in [4.78, 5) is 21.1. The molecule has 6 N–H and O–H groups in total. The lowest BCUT2D eigenvalue weighted by atomic mass is 9.96. The predicted octanol–water partition coefficient (Wildman–Crippen LogP) is 1.69. The zero-order chi connectivity index (χ0) is 18.6. The Morgan fingerprint density at radius 3 is 2.74 bits per heavy atom. The number of hydrogen-bond donors (Lipinski definition) is 5. The highest BCUT2D eigenvalue weighted by Gasteiger charge is 2.22. The molecule has 0 bridgehead atoms. The fourth-order valence-corrected chi connectivity index (χ4v) is 3.40. The van der Waals surface area contributed by atoms with Gasteiger partial charge in [0.2, 0.25) is 5.96 Å². The fraction of sp³-hybridized carbons (Fsp3) is 0.316. The Labute approximate surface area is 157 Å². The van der Waals surface area contributed by atoms with Gasteiger partial charge >= 0.3 is 0 Å². The van der Waals surface area contributed by atoms with Gasteiger partial charge in [-0.25, -0.2) is 9.98 Å². The highest BCUT2D eigenvalue weighted by molar-refractivity contribution is 5.96. The normalized spacial score (nSPS) is 19.3. The van der Waals surface area contributed by atoms with Gasteiger partial charge < -0.3 is 16.4 Å². The summed E-state index contributed by atoms with van der Waals surface area (Å²) in [6.07, 6.45) is 5.82. The Hall–Kier alpha value is -3.29. The number of benzene rings is 1. The first-order valence-corrected chi connectivity index (χ1v) is 9.23. The average Bonchev–Trinajstić information content (AvgIpc) is 2.69. The van der Waals surface area contributed by atoms with Crippen LogP contribution in [0.15, 0.2) is 52.9 Å². The Morgan fingerprint density at radius 2 is 1.93 bits per heavy atom. The van der Waals surface area contributed by atoms with Crippen LogP contribution >= 0.6 is 0 Å². The number of para-hydroxylation sites is 1. The summed E-state index contributed by atoms with van der Waals surface area (Å²) in [5.41, 5.74) is 12.3. The van der Waals surface area contributed by atoms with Crippen LogP contribution in [0.25, 0.3) is 10.9 Å². The minimum absolute atomic E-state index is 0.201. The Bertz CT molecular complexity index is 915. The second-order valence-electron chi connectivity index (χ2n) is 6.77. The van der Waals surface area contributed by atoms with Crippen LogP contribution in [-0.4, -0.2) is 22.9 Å². The molecule has 1 amide bonds. The first-order valence-electron chi connectivity index (χ1n) is 9.23. The third-order valence-corrected chi connectivity index (χ3v) is 4.78. The van der Waals surface area contributed by atoms with Crippen LogP contribution in [-0.2, 0) is 4.79 Å². The first kappa shape index (κ1) is 17.1. The van der Waals surface area contributed by atoms with Crippen LogP contribution in [0, 0.1) is 0 Å². The molecule has 0 spiro atoms. The molecule has 8 nitrogen and oxygen atoms in total. The number of aliphatic imine (C=N–C) groups is 1. The molecule has 140 valence electrons. The molecule has 1 fully saturated rings. The van der Waals surface area contributed by atoms with Crippen molar-refractivity contribution in [2.24, 2.45) is 10.7 Å². The van der Waals surface area contributed by atoms with Crippen molar-refractivity contribution in [2.45, 2.75) is 38.1 Å². The van der Waals surface area contributed by atoms with Gasteiger partial charge in [0.15, 0.2) is 5.70 Å². The topological polar surface area (TPSA) is 116 Å². The molecule has 1 aliphatic heterocycles. The van der Waals surface area contributed by atoms with Crippen LogP contribution < -0.4 is 27.2 Å². The van der Waals surface area contributed by atoms with Gasteiger partial charge in [-0.2, -0.15) is 0 Å². The maximum absolute atomic E-state index is 11.8. The number of guanidine groups is 1. The van der Waals surface area contributed by atoms with E-state index in [1.54, 1.807) is 0 Å². The summed E-state index contributed by atoms with van der Waals surface area (Å²) in [5, 5.41) is 7.32. The van der Waals surface area contributed by atoms with E-state index in [-0.39, 0.29) is 11.7 Å². The summed E-state index contributed by atoms with van der Waals surface area (Å²) in [7, 11) is 0. The summed E-state index contributed by atoms with van der Waals surface area (Å²) in [5.74, 6) is 1.01. The molecule has 4 rings (SSSR count). The van der Waals surface area contributed by atoms with Crippen molar-refractivity contribution in [2.75, 3.05) is 5.32 Å². The fourth-order valence-electron chi connectivity index (χ4n) is 3.40. The first-order chi connectivity index (χ1) is 13.2. The molecule has 2 aliphatic rings. The molecule has 0 radical (unpaired) electrons. The lowest BCUT2D eigenvalue weighted by Crippen LogP contribution is -2.54. The highest BCUT2D eigenvalue weighted by atomic mass is 16.1. The van der Waals surface area contributed by atoms with Crippen LogP contribution in [0.5, 0.6) is 0 Å². The molecule has 0 saturated heterocycles. The van der Waals surface area contributed by atoms with Gasteiger partial charge in [-0.3, -0.25) is 15.6 Å². The van der Waals surface area contributed by atoms with Gasteiger partial charge in [-0.15, -0.1) is 0 Å². The summed E-state index contributed by atoms with van der Waals surface area (Å²) < 4.78 is 0. The summed E-state index contributed by atoms with van der Waals surface area (Å²) in [6.45, 7) is 0. The van der Waals surface area contributed by atoms with Crippen molar-refractivity contribution in [3.8, 4) is 0 Å². The number of aromatic nitrogens is 1. The van der Waals surface area contributed by atoms with Gasteiger partial charge in [0, 0.05) is 5.39 Å². The minimum Gasteiger partial charge on any atom is -0.364 e. The zero-order valence-electron chi connectivity index (χ0n) is 15.0. The molecule has 27 heavy (non-hydrogen) atoms. The number of carbonyl (C=O) groups is 1. The zero-order valence-corrected chi connectivity index (χ0v) is 15.0. The molecule has 1 aliphatic carbocycles. The van der Waals surface area contributed by atoms with Gasteiger partial charge in [0.25, 0.3) is 5.91 Å². The SMILES string of the molecule is NC(=O)C1=C(Nc2ccc3ccccc3n2)NC(=NC2CCCCC2)NN1. The number of hydrogen-bond acceptors (Lipinski definition) is 5. The number of rotatable bonds is 4. The van der Waals surface area contributed by atoms with Crippen molar-refractivity contribution in [3.63, 3.8) is 0 Å². The molecule has 1 aromatic heterocycles. The molecular formula is C19H23N7O. The number of fused-ring (bicyclic) bond motifs is 1. The van der Waals surface area contributed by atoms with Gasteiger partial charge in [-0.05, 0) is 31.0 Å². The molecule has 1 aromatic carbocycles.